The zero-order valence-corrected chi connectivity index (χ0v) is 17.2. The number of rotatable bonds is 5. The van der Waals surface area contributed by atoms with Crippen molar-refractivity contribution in [2.45, 2.75) is 51.6 Å². The van der Waals surface area contributed by atoms with Gasteiger partial charge in [-0.3, -0.25) is 4.79 Å². The minimum atomic E-state index is -4.37. The summed E-state index contributed by atoms with van der Waals surface area (Å²) in [6.07, 6.45) is -1.30. The summed E-state index contributed by atoms with van der Waals surface area (Å²) in [6.45, 7) is 7.17. The van der Waals surface area contributed by atoms with Crippen molar-refractivity contribution in [3.05, 3.63) is 29.3 Å². The lowest BCUT2D eigenvalue weighted by molar-refractivity contribution is -0.148. The number of hydrogen-bond acceptors (Lipinski definition) is 4. The number of anilines is 1. The van der Waals surface area contributed by atoms with Crippen molar-refractivity contribution in [2.24, 2.45) is 11.8 Å². The molecule has 29 heavy (non-hydrogen) atoms. The fourth-order valence-corrected chi connectivity index (χ4v) is 4.67. The quantitative estimate of drug-likeness (QED) is 0.719. The van der Waals surface area contributed by atoms with Crippen molar-refractivity contribution in [1.29, 1.82) is 0 Å². The van der Waals surface area contributed by atoms with Crippen LogP contribution in [0.1, 0.15) is 56.6 Å². The summed E-state index contributed by atoms with van der Waals surface area (Å²) in [5.74, 6) is 0.265. The van der Waals surface area contributed by atoms with Gasteiger partial charge in [-0.1, -0.05) is 19.4 Å². The number of alkyl halides is 3. The first-order valence-corrected chi connectivity index (χ1v) is 10.7. The zero-order valence-electron chi connectivity index (χ0n) is 17.2. The smallest absolute Gasteiger partial charge is 0.416 e. The van der Waals surface area contributed by atoms with E-state index in [1.165, 1.54) is 12.1 Å². The van der Waals surface area contributed by atoms with E-state index in [0.717, 1.165) is 31.5 Å². The molecule has 0 aromatic heterocycles. The van der Waals surface area contributed by atoms with Crippen LogP contribution in [-0.2, 0) is 15.7 Å². The SMILES string of the molecule is CCOC(=O)C1CCCN(c2cc(C(F)(F)F)ccc2[C@H]2CNC[C@@H]2CC)CC1. The van der Waals surface area contributed by atoms with Crippen LogP contribution in [0.15, 0.2) is 18.2 Å². The molecular formula is C22H31F3N2O2. The molecule has 0 saturated carbocycles. The average molecular weight is 412 g/mol. The number of esters is 1. The van der Waals surface area contributed by atoms with Gasteiger partial charge in [0.05, 0.1) is 18.1 Å². The molecule has 2 aliphatic heterocycles. The van der Waals surface area contributed by atoms with Crippen molar-refractivity contribution in [2.75, 3.05) is 37.7 Å². The Hall–Kier alpha value is -1.76. The number of halogens is 3. The first-order valence-electron chi connectivity index (χ1n) is 10.7. The zero-order chi connectivity index (χ0) is 21.0. The molecule has 1 unspecified atom stereocenters. The van der Waals surface area contributed by atoms with Crippen molar-refractivity contribution in [3.8, 4) is 0 Å². The number of carbonyl (C=O) groups excluding carboxylic acids is 1. The Labute approximate surface area is 170 Å². The van der Waals surface area contributed by atoms with Crippen LogP contribution < -0.4 is 10.2 Å². The van der Waals surface area contributed by atoms with Crippen LogP contribution in [0.5, 0.6) is 0 Å². The molecule has 0 bridgehead atoms. The second-order valence-corrected chi connectivity index (χ2v) is 8.07. The van der Waals surface area contributed by atoms with Crippen molar-refractivity contribution < 1.29 is 22.7 Å². The largest absolute Gasteiger partial charge is 0.466 e. The summed E-state index contributed by atoms with van der Waals surface area (Å²) < 4.78 is 45.4. The van der Waals surface area contributed by atoms with Gasteiger partial charge >= 0.3 is 12.1 Å². The summed E-state index contributed by atoms with van der Waals surface area (Å²) in [5.41, 5.74) is 1.06. The summed E-state index contributed by atoms with van der Waals surface area (Å²) in [7, 11) is 0. The molecule has 162 valence electrons. The number of hydrogen-bond donors (Lipinski definition) is 1. The van der Waals surface area contributed by atoms with E-state index in [4.69, 9.17) is 4.74 Å². The molecular weight excluding hydrogens is 381 g/mol. The molecule has 0 spiro atoms. The monoisotopic (exact) mass is 412 g/mol. The molecule has 4 nitrogen and oxygen atoms in total. The first-order chi connectivity index (χ1) is 13.8. The third-order valence-corrected chi connectivity index (χ3v) is 6.31. The standard InChI is InChI=1S/C22H31F3N2O2/c1-3-15-13-26-14-19(15)18-8-7-17(22(23,24)25)12-20(18)27-10-5-6-16(9-11-27)21(28)29-4-2/h7-8,12,15-16,19,26H,3-6,9-11,13-14H2,1-2H3/t15-,16?,19-/m0/s1. The Morgan fingerprint density at radius 3 is 2.69 bits per heavy atom. The van der Waals surface area contributed by atoms with Crippen LogP contribution in [0.2, 0.25) is 0 Å². The molecule has 1 aromatic rings. The van der Waals surface area contributed by atoms with E-state index < -0.39 is 11.7 Å². The number of benzene rings is 1. The van der Waals surface area contributed by atoms with Gasteiger partial charge in [0.2, 0.25) is 0 Å². The van der Waals surface area contributed by atoms with Crippen molar-refractivity contribution in [3.63, 3.8) is 0 Å². The van der Waals surface area contributed by atoms with Crippen LogP contribution in [0.3, 0.4) is 0 Å². The highest BCUT2D eigenvalue weighted by Gasteiger charge is 2.35. The summed E-state index contributed by atoms with van der Waals surface area (Å²) in [5, 5.41) is 3.39. The molecule has 2 aliphatic rings. The van der Waals surface area contributed by atoms with Gasteiger partial charge in [-0.25, -0.2) is 0 Å². The number of nitrogens with zero attached hydrogens (tertiary/aromatic N) is 1. The van der Waals surface area contributed by atoms with Gasteiger partial charge in [-0.2, -0.15) is 13.2 Å². The van der Waals surface area contributed by atoms with Crippen molar-refractivity contribution in [1.82, 2.24) is 5.32 Å². The molecule has 7 heteroatoms. The average Bonchev–Trinajstić information content (AvgIpc) is 3.02. The van der Waals surface area contributed by atoms with Gasteiger partial charge in [-0.05, 0) is 56.3 Å². The Morgan fingerprint density at radius 1 is 1.21 bits per heavy atom. The predicted molar refractivity (Wildman–Crippen MR) is 107 cm³/mol. The molecule has 1 aromatic carbocycles. The van der Waals surface area contributed by atoms with E-state index in [1.807, 2.05) is 0 Å². The fraction of sp³-hybridized carbons (Fsp3) is 0.682. The topological polar surface area (TPSA) is 41.6 Å². The Balaban J connectivity index is 1.90. The van der Waals surface area contributed by atoms with E-state index in [-0.39, 0.29) is 17.8 Å². The lowest BCUT2D eigenvalue weighted by atomic mass is 9.85. The maximum absolute atomic E-state index is 13.4. The Bertz CT molecular complexity index is 708. The van der Waals surface area contributed by atoms with E-state index >= 15 is 0 Å². The Kier molecular flexibility index (Phi) is 7.09. The maximum atomic E-state index is 13.4. The molecule has 2 heterocycles. The third kappa shape index (κ3) is 5.05. The molecule has 2 saturated heterocycles. The third-order valence-electron chi connectivity index (χ3n) is 6.31. The van der Waals surface area contributed by atoms with E-state index in [9.17, 15) is 18.0 Å². The summed E-state index contributed by atoms with van der Waals surface area (Å²) in [6, 6.07) is 4.19. The van der Waals surface area contributed by atoms with E-state index in [2.05, 4.69) is 17.1 Å². The van der Waals surface area contributed by atoms with Crippen LogP contribution in [-0.4, -0.2) is 38.8 Å². The molecule has 0 aliphatic carbocycles. The van der Waals surface area contributed by atoms with Crippen molar-refractivity contribution >= 4 is 11.7 Å². The second-order valence-electron chi connectivity index (χ2n) is 8.07. The minimum Gasteiger partial charge on any atom is -0.466 e. The summed E-state index contributed by atoms with van der Waals surface area (Å²) in [4.78, 5) is 14.2. The molecule has 0 radical (unpaired) electrons. The Morgan fingerprint density at radius 2 is 2.00 bits per heavy atom. The molecule has 1 N–H and O–H groups in total. The number of ether oxygens (including phenoxy) is 1. The van der Waals surface area contributed by atoms with Crippen LogP contribution in [0.25, 0.3) is 0 Å². The molecule has 2 fully saturated rings. The molecule has 3 atom stereocenters. The van der Waals surface area contributed by atoms with Gasteiger partial charge in [-0.15, -0.1) is 0 Å². The highest BCUT2D eigenvalue weighted by Crippen LogP contribution is 2.40. The molecule has 3 rings (SSSR count). The molecule has 0 amide bonds. The van der Waals surface area contributed by atoms with Gasteiger partial charge in [0.1, 0.15) is 0 Å². The normalized spacial score (nSPS) is 25.7. The first kappa shape index (κ1) is 21.9. The minimum absolute atomic E-state index is 0.175. The highest BCUT2D eigenvalue weighted by atomic mass is 19.4. The summed E-state index contributed by atoms with van der Waals surface area (Å²) >= 11 is 0. The van der Waals surface area contributed by atoms with E-state index in [1.54, 1.807) is 13.0 Å². The van der Waals surface area contributed by atoms with Crippen LogP contribution in [0.4, 0.5) is 18.9 Å². The van der Waals surface area contributed by atoms with Gasteiger partial charge in [0.15, 0.2) is 0 Å². The van der Waals surface area contributed by atoms with Crippen LogP contribution >= 0.6 is 0 Å². The lowest BCUT2D eigenvalue weighted by Crippen LogP contribution is -2.28. The maximum Gasteiger partial charge on any atom is 0.416 e. The predicted octanol–water partition coefficient (Wildman–Crippen LogP) is 4.59. The highest BCUT2D eigenvalue weighted by molar-refractivity contribution is 5.72. The lowest BCUT2D eigenvalue weighted by Gasteiger charge is -2.30. The van der Waals surface area contributed by atoms with Crippen LogP contribution in [0, 0.1) is 11.8 Å². The number of nitrogens with one attached hydrogen (secondary N) is 1. The van der Waals surface area contributed by atoms with Gasteiger partial charge in [0.25, 0.3) is 0 Å². The van der Waals surface area contributed by atoms with Gasteiger partial charge < -0.3 is 15.0 Å². The van der Waals surface area contributed by atoms with E-state index in [0.29, 0.717) is 44.1 Å². The van der Waals surface area contributed by atoms with Gasteiger partial charge in [0, 0.05) is 31.2 Å². The second kappa shape index (κ2) is 9.37. The number of carbonyl (C=O) groups is 1. The fourth-order valence-electron chi connectivity index (χ4n) is 4.67.